The third-order valence-electron chi connectivity index (χ3n) is 6.08. The zero-order valence-corrected chi connectivity index (χ0v) is 17.8. The van der Waals surface area contributed by atoms with Crippen molar-refractivity contribution >= 4 is 28.3 Å². The molecule has 1 aromatic heterocycles. The van der Waals surface area contributed by atoms with Crippen LogP contribution in [-0.2, 0) is 9.53 Å². The van der Waals surface area contributed by atoms with E-state index in [-0.39, 0.29) is 11.8 Å². The van der Waals surface area contributed by atoms with E-state index in [4.69, 9.17) is 4.74 Å². The van der Waals surface area contributed by atoms with Crippen LogP contribution < -0.4 is 10.2 Å². The molecule has 8 nitrogen and oxygen atoms in total. The number of likely N-dealkylation sites (tertiary alicyclic amines) is 1. The van der Waals surface area contributed by atoms with Gasteiger partial charge in [0, 0.05) is 63.7 Å². The zero-order valence-electron chi connectivity index (χ0n) is 17.0. The number of rotatable bonds is 7. The van der Waals surface area contributed by atoms with E-state index in [2.05, 4.69) is 20.1 Å². The summed E-state index contributed by atoms with van der Waals surface area (Å²) in [5.41, 5.74) is 0.498. The molecule has 0 radical (unpaired) electrons. The number of anilines is 1. The van der Waals surface area contributed by atoms with Crippen molar-refractivity contribution in [3.05, 3.63) is 11.1 Å². The fourth-order valence-electron chi connectivity index (χ4n) is 4.38. The second-order valence-electron chi connectivity index (χ2n) is 7.98. The number of morpholine rings is 1. The zero-order chi connectivity index (χ0) is 20.1. The highest BCUT2D eigenvalue weighted by Gasteiger charge is 2.27. The summed E-state index contributed by atoms with van der Waals surface area (Å²) in [6.07, 6.45) is 4.67. The average Bonchev–Trinajstić information content (AvgIpc) is 3.41. The van der Waals surface area contributed by atoms with Crippen LogP contribution >= 0.6 is 11.3 Å². The molecule has 3 aliphatic heterocycles. The van der Waals surface area contributed by atoms with E-state index in [1.807, 2.05) is 10.3 Å². The number of hydrogen-bond acceptors (Lipinski definition) is 7. The van der Waals surface area contributed by atoms with Crippen molar-refractivity contribution in [1.29, 1.82) is 0 Å². The highest BCUT2D eigenvalue weighted by atomic mass is 32.1. The number of amides is 2. The maximum absolute atomic E-state index is 12.4. The van der Waals surface area contributed by atoms with Crippen LogP contribution in [0.2, 0.25) is 0 Å². The molecule has 9 heteroatoms. The number of piperidine rings is 1. The molecule has 3 aliphatic rings. The van der Waals surface area contributed by atoms with Crippen molar-refractivity contribution in [3.63, 3.8) is 0 Å². The van der Waals surface area contributed by atoms with Crippen LogP contribution in [0.5, 0.6) is 0 Å². The largest absolute Gasteiger partial charge is 0.379 e. The molecule has 3 fully saturated rings. The van der Waals surface area contributed by atoms with E-state index in [1.165, 1.54) is 0 Å². The highest BCUT2D eigenvalue weighted by Crippen LogP contribution is 2.26. The van der Waals surface area contributed by atoms with Crippen molar-refractivity contribution in [2.75, 3.05) is 63.9 Å². The Kier molecular flexibility index (Phi) is 6.99. The van der Waals surface area contributed by atoms with Crippen LogP contribution in [-0.4, -0.2) is 91.7 Å². The molecule has 0 bridgehead atoms. The van der Waals surface area contributed by atoms with Crippen LogP contribution in [0.25, 0.3) is 0 Å². The SMILES string of the molecule is O=C(NCCCN1CCCC1=O)c1csc(N2CCC(N3CCOCC3)CC2)n1. The molecule has 0 unspecified atom stereocenters. The summed E-state index contributed by atoms with van der Waals surface area (Å²) in [4.78, 5) is 35.3. The molecular formula is C20H31N5O3S. The van der Waals surface area contributed by atoms with Crippen LogP contribution in [0.3, 0.4) is 0 Å². The Morgan fingerprint density at radius 3 is 2.72 bits per heavy atom. The second-order valence-corrected chi connectivity index (χ2v) is 8.81. The van der Waals surface area contributed by atoms with E-state index in [0.717, 1.165) is 83.3 Å². The number of thiazole rings is 1. The number of ether oxygens (including phenoxy) is 1. The lowest BCUT2D eigenvalue weighted by atomic mass is 10.0. The third kappa shape index (κ3) is 5.26. The van der Waals surface area contributed by atoms with Gasteiger partial charge in [-0.05, 0) is 25.7 Å². The number of carbonyl (C=O) groups excluding carboxylic acids is 2. The molecule has 0 aromatic carbocycles. The Labute approximate surface area is 176 Å². The van der Waals surface area contributed by atoms with Crippen LogP contribution in [0.15, 0.2) is 5.38 Å². The molecule has 4 heterocycles. The van der Waals surface area contributed by atoms with Gasteiger partial charge < -0.3 is 19.9 Å². The summed E-state index contributed by atoms with van der Waals surface area (Å²) < 4.78 is 5.46. The lowest BCUT2D eigenvalue weighted by Gasteiger charge is -2.40. The number of hydrogen-bond donors (Lipinski definition) is 1. The molecule has 0 spiro atoms. The number of nitrogens with zero attached hydrogens (tertiary/aromatic N) is 4. The monoisotopic (exact) mass is 421 g/mol. The quantitative estimate of drug-likeness (QED) is 0.667. The first-order chi connectivity index (χ1) is 14.2. The van der Waals surface area contributed by atoms with Crippen molar-refractivity contribution in [3.8, 4) is 0 Å². The Balaban J connectivity index is 1.19. The fourth-order valence-corrected chi connectivity index (χ4v) is 5.24. The number of aromatic nitrogens is 1. The predicted molar refractivity (Wildman–Crippen MR) is 113 cm³/mol. The topological polar surface area (TPSA) is 78.0 Å². The first kappa shape index (κ1) is 20.6. The summed E-state index contributed by atoms with van der Waals surface area (Å²) in [6.45, 7) is 7.89. The van der Waals surface area contributed by atoms with E-state index in [1.54, 1.807) is 11.3 Å². The minimum absolute atomic E-state index is 0.122. The molecule has 1 aromatic rings. The molecular weight excluding hydrogens is 390 g/mol. The van der Waals surface area contributed by atoms with E-state index in [9.17, 15) is 9.59 Å². The van der Waals surface area contributed by atoms with E-state index < -0.39 is 0 Å². The van der Waals surface area contributed by atoms with Crippen molar-refractivity contribution in [2.45, 2.75) is 38.1 Å². The first-order valence-electron chi connectivity index (χ1n) is 10.8. The van der Waals surface area contributed by atoms with Crippen molar-refractivity contribution in [1.82, 2.24) is 20.1 Å². The molecule has 1 N–H and O–H groups in total. The average molecular weight is 422 g/mol. The van der Waals surface area contributed by atoms with Gasteiger partial charge in [0.15, 0.2) is 5.13 Å². The van der Waals surface area contributed by atoms with Gasteiger partial charge in [-0.15, -0.1) is 11.3 Å². The summed E-state index contributed by atoms with van der Waals surface area (Å²) in [5, 5.41) is 5.73. The minimum Gasteiger partial charge on any atom is -0.379 e. The van der Waals surface area contributed by atoms with Gasteiger partial charge in [-0.25, -0.2) is 4.98 Å². The molecule has 3 saturated heterocycles. The van der Waals surface area contributed by atoms with Gasteiger partial charge in [0.05, 0.1) is 13.2 Å². The van der Waals surface area contributed by atoms with E-state index in [0.29, 0.717) is 24.7 Å². The summed E-state index contributed by atoms with van der Waals surface area (Å²) in [7, 11) is 0. The van der Waals surface area contributed by atoms with Gasteiger partial charge in [-0.3, -0.25) is 14.5 Å². The normalized spacial score (nSPS) is 21.7. The van der Waals surface area contributed by atoms with Crippen LogP contribution in [0.1, 0.15) is 42.6 Å². The van der Waals surface area contributed by atoms with Crippen molar-refractivity contribution < 1.29 is 14.3 Å². The number of carbonyl (C=O) groups is 2. The second kappa shape index (κ2) is 9.86. The summed E-state index contributed by atoms with van der Waals surface area (Å²) >= 11 is 1.55. The van der Waals surface area contributed by atoms with Crippen LogP contribution in [0.4, 0.5) is 5.13 Å². The van der Waals surface area contributed by atoms with Gasteiger partial charge in [0.1, 0.15) is 5.69 Å². The fraction of sp³-hybridized carbons (Fsp3) is 0.750. The summed E-state index contributed by atoms with van der Waals surface area (Å²) in [5.74, 6) is 0.112. The molecule has 0 saturated carbocycles. The Hall–Kier alpha value is -1.71. The smallest absolute Gasteiger partial charge is 0.270 e. The van der Waals surface area contributed by atoms with Crippen LogP contribution in [0, 0.1) is 0 Å². The molecule has 2 amide bonds. The Bertz CT molecular complexity index is 698. The number of nitrogens with one attached hydrogen (secondary N) is 1. The predicted octanol–water partition coefficient (Wildman–Crippen LogP) is 1.19. The van der Waals surface area contributed by atoms with Gasteiger partial charge in [-0.1, -0.05) is 0 Å². The van der Waals surface area contributed by atoms with E-state index >= 15 is 0 Å². The first-order valence-corrected chi connectivity index (χ1v) is 11.7. The van der Waals surface area contributed by atoms with Crippen molar-refractivity contribution in [2.24, 2.45) is 0 Å². The minimum atomic E-state index is -0.122. The third-order valence-corrected chi connectivity index (χ3v) is 6.98. The molecule has 160 valence electrons. The standard InChI is InChI=1S/C20H31N5O3S/c26-18-3-1-7-24(18)8-2-6-21-19(27)17-15-29-20(22-17)25-9-4-16(5-10-25)23-11-13-28-14-12-23/h15-16H,1-14H2,(H,21,27). The molecule has 0 atom stereocenters. The Morgan fingerprint density at radius 2 is 2.00 bits per heavy atom. The van der Waals surface area contributed by atoms with Gasteiger partial charge >= 0.3 is 0 Å². The Morgan fingerprint density at radius 1 is 1.21 bits per heavy atom. The lowest BCUT2D eigenvalue weighted by molar-refractivity contribution is -0.127. The summed E-state index contributed by atoms with van der Waals surface area (Å²) in [6, 6.07) is 0.639. The van der Waals surface area contributed by atoms with Gasteiger partial charge in [0.25, 0.3) is 5.91 Å². The van der Waals surface area contributed by atoms with Gasteiger partial charge in [0.2, 0.25) is 5.91 Å². The molecule has 29 heavy (non-hydrogen) atoms. The highest BCUT2D eigenvalue weighted by molar-refractivity contribution is 7.13. The van der Waals surface area contributed by atoms with Gasteiger partial charge in [-0.2, -0.15) is 0 Å². The maximum Gasteiger partial charge on any atom is 0.270 e. The molecule has 4 rings (SSSR count). The lowest BCUT2D eigenvalue weighted by Crippen LogP contribution is -2.49. The maximum atomic E-state index is 12.4. The molecule has 0 aliphatic carbocycles.